The Bertz CT molecular complexity index is 391. The summed E-state index contributed by atoms with van der Waals surface area (Å²) in [5, 5.41) is 11.0. The molecular weight excluding hydrogens is 220 g/mol. The fourth-order valence-corrected chi connectivity index (χ4v) is 3.11. The van der Waals surface area contributed by atoms with Gasteiger partial charge in [0.1, 0.15) is 0 Å². The average molecular weight is 246 g/mol. The highest BCUT2D eigenvalue weighted by atomic mass is 16.3. The molecule has 2 rings (SSSR count). The van der Waals surface area contributed by atoms with Crippen LogP contribution in [0.25, 0.3) is 0 Å². The Labute approximate surface area is 111 Å². The van der Waals surface area contributed by atoms with Crippen molar-refractivity contribution in [1.82, 2.24) is 0 Å². The third-order valence-electron chi connectivity index (χ3n) is 4.83. The molecule has 18 heavy (non-hydrogen) atoms. The lowest BCUT2D eigenvalue weighted by Gasteiger charge is -2.46. The van der Waals surface area contributed by atoms with Gasteiger partial charge in [0, 0.05) is 6.42 Å². The summed E-state index contributed by atoms with van der Waals surface area (Å²) in [4.78, 5) is 0. The van der Waals surface area contributed by atoms with Crippen molar-refractivity contribution in [3.05, 3.63) is 35.4 Å². The van der Waals surface area contributed by atoms with Gasteiger partial charge in [-0.05, 0) is 35.8 Å². The van der Waals surface area contributed by atoms with Crippen molar-refractivity contribution >= 4 is 0 Å². The van der Waals surface area contributed by atoms with Crippen molar-refractivity contribution in [2.24, 2.45) is 5.41 Å². The van der Waals surface area contributed by atoms with E-state index in [1.165, 1.54) is 17.5 Å². The maximum Gasteiger partial charge on any atom is 0.0738 e. The van der Waals surface area contributed by atoms with Gasteiger partial charge in [0.25, 0.3) is 0 Å². The van der Waals surface area contributed by atoms with E-state index in [-0.39, 0.29) is 5.41 Å². The first-order valence-electron chi connectivity index (χ1n) is 7.27. The molecule has 1 atom stereocenters. The van der Waals surface area contributed by atoms with E-state index in [2.05, 4.69) is 45.0 Å². The molecule has 0 aromatic heterocycles. The van der Waals surface area contributed by atoms with Crippen molar-refractivity contribution < 1.29 is 5.11 Å². The van der Waals surface area contributed by atoms with Crippen LogP contribution in [0, 0.1) is 5.41 Å². The lowest BCUT2D eigenvalue weighted by molar-refractivity contribution is -0.0958. The van der Waals surface area contributed by atoms with Crippen LogP contribution >= 0.6 is 0 Å². The first-order valence-corrected chi connectivity index (χ1v) is 7.27. The first-order chi connectivity index (χ1) is 8.47. The second-order valence-electron chi connectivity index (χ2n) is 6.47. The summed E-state index contributed by atoms with van der Waals surface area (Å²) >= 11 is 0. The van der Waals surface area contributed by atoms with E-state index in [4.69, 9.17) is 0 Å². The van der Waals surface area contributed by atoms with Crippen LogP contribution in [0.2, 0.25) is 0 Å². The maximum atomic E-state index is 11.0. The lowest BCUT2D eigenvalue weighted by atomic mass is 9.63. The molecule has 1 aliphatic rings. The molecule has 0 spiro atoms. The van der Waals surface area contributed by atoms with Crippen LogP contribution < -0.4 is 0 Å². The van der Waals surface area contributed by atoms with Crippen LogP contribution in [0.4, 0.5) is 0 Å². The molecule has 0 bridgehead atoms. The molecule has 1 heteroatoms. The van der Waals surface area contributed by atoms with Gasteiger partial charge in [0.05, 0.1) is 5.60 Å². The summed E-state index contributed by atoms with van der Waals surface area (Å²) < 4.78 is 0. The van der Waals surface area contributed by atoms with E-state index in [0.717, 1.165) is 32.1 Å². The van der Waals surface area contributed by atoms with Crippen molar-refractivity contribution in [3.63, 3.8) is 0 Å². The zero-order chi connectivity index (χ0) is 13.2. The van der Waals surface area contributed by atoms with Crippen molar-refractivity contribution in [3.8, 4) is 0 Å². The molecule has 1 nitrogen and oxygen atoms in total. The van der Waals surface area contributed by atoms with E-state index in [0.29, 0.717) is 0 Å². The minimum Gasteiger partial charge on any atom is -0.389 e. The Kier molecular flexibility index (Phi) is 3.82. The second-order valence-corrected chi connectivity index (χ2v) is 6.47. The van der Waals surface area contributed by atoms with E-state index in [9.17, 15) is 5.11 Å². The first kappa shape index (κ1) is 13.6. The molecule has 1 saturated carbocycles. The van der Waals surface area contributed by atoms with E-state index < -0.39 is 5.60 Å². The summed E-state index contributed by atoms with van der Waals surface area (Å²) in [6, 6.07) is 8.74. The van der Waals surface area contributed by atoms with E-state index in [1.807, 2.05) is 0 Å². The summed E-state index contributed by atoms with van der Waals surface area (Å²) in [5.41, 5.74) is 2.14. The molecule has 1 aromatic carbocycles. The molecule has 100 valence electrons. The largest absolute Gasteiger partial charge is 0.389 e. The van der Waals surface area contributed by atoms with Gasteiger partial charge in [-0.2, -0.15) is 0 Å². The fraction of sp³-hybridized carbons (Fsp3) is 0.647. The van der Waals surface area contributed by atoms with Crippen molar-refractivity contribution in [2.75, 3.05) is 0 Å². The monoisotopic (exact) mass is 246 g/mol. The van der Waals surface area contributed by atoms with Gasteiger partial charge in [0.15, 0.2) is 0 Å². The van der Waals surface area contributed by atoms with Crippen LogP contribution in [0.3, 0.4) is 0 Å². The van der Waals surface area contributed by atoms with E-state index >= 15 is 0 Å². The quantitative estimate of drug-likeness (QED) is 0.850. The van der Waals surface area contributed by atoms with Gasteiger partial charge >= 0.3 is 0 Å². The highest BCUT2D eigenvalue weighted by molar-refractivity contribution is 5.24. The fourth-order valence-electron chi connectivity index (χ4n) is 3.11. The molecule has 0 radical (unpaired) electrons. The zero-order valence-corrected chi connectivity index (χ0v) is 12.0. The van der Waals surface area contributed by atoms with Crippen molar-refractivity contribution in [1.29, 1.82) is 0 Å². The van der Waals surface area contributed by atoms with Crippen LogP contribution in [-0.2, 0) is 12.8 Å². The molecule has 1 fully saturated rings. The summed E-state index contributed by atoms with van der Waals surface area (Å²) in [5.74, 6) is 0. The third kappa shape index (κ3) is 2.61. The predicted octanol–water partition coefficient (Wildman–Crippen LogP) is 4.12. The lowest BCUT2D eigenvalue weighted by Crippen LogP contribution is -2.48. The number of benzene rings is 1. The van der Waals surface area contributed by atoms with Gasteiger partial charge in [-0.15, -0.1) is 0 Å². The standard InChI is InChI=1S/C17H26O/c1-4-14-7-9-15(10-8-14)13-17(18)12-6-5-11-16(17,2)3/h7-10,18H,4-6,11-13H2,1-3H3. The van der Waals surface area contributed by atoms with Gasteiger partial charge in [0.2, 0.25) is 0 Å². The molecule has 1 unspecified atom stereocenters. The number of rotatable bonds is 3. The van der Waals surface area contributed by atoms with Crippen LogP contribution in [0.15, 0.2) is 24.3 Å². The zero-order valence-electron chi connectivity index (χ0n) is 12.0. The summed E-state index contributed by atoms with van der Waals surface area (Å²) in [7, 11) is 0. The van der Waals surface area contributed by atoms with Crippen LogP contribution in [-0.4, -0.2) is 10.7 Å². The Morgan fingerprint density at radius 1 is 1.00 bits per heavy atom. The Hall–Kier alpha value is -0.820. The normalized spacial score (nSPS) is 27.1. The molecular formula is C17H26O. The molecule has 1 N–H and O–H groups in total. The van der Waals surface area contributed by atoms with Crippen LogP contribution in [0.5, 0.6) is 0 Å². The Balaban J connectivity index is 2.15. The highest BCUT2D eigenvalue weighted by Gasteiger charge is 2.44. The smallest absolute Gasteiger partial charge is 0.0738 e. The number of aliphatic hydroxyl groups is 1. The predicted molar refractivity (Wildman–Crippen MR) is 76.7 cm³/mol. The summed E-state index contributed by atoms with van der Waals surface area (Å²) in [6.45, 7) is 6.60. The minimum atomic E-state index is -0.529. The topological polar surface area (TPSA) is 20.2 Å². The maximum absolute atomic E-state index is 11.0. The molecule has 0 heterocycles. The van der Waals surface area contributed by atoms with E-state index in [1.54, 1.807) is 0 Å². The SMILES string of the molecule is CCc1ccc(CC2(O)CCCCC2(C)C)cc1. The van der Waals surface area contributed by atoms with Gasteiger partial charge in [-0.3, -0.25) is 0 Å². The number of aryl methyl sites for hydroxylation is 1. The highest BCUT2D eigenvalue weighted by Crippen LogP contribution is 2.45. The summed E-state index contributed by atoms with van der Waals surface area (Å²) in [6.07, 6.45) is 6.36. The third-order valence-corrected chi connectivity index (χ3v) is 4.83. The van der Waals surface area contributed by atoms with Gasteiger partial charge in [-0.25, -0.2) is 0 Å². The van der Waals surface area contributed by atoms with Gasteiger partial charge < -0.3 is 5.11 Å². The molecule has 1 aliphatic carbocycles. The number of hydrogen-bond acceptors (Lipinski definition) is 1. The minimum absolute atomic E-state index is 0.0364. The molecule has 0 aliphatic heterocycles. The van der Waals surface area contributed by atoms with Crippen molar-refractivity contribution in [2.45, 2.75) is 64.9 Å². The molecule has 1 aromatic rings. The molecule has 0 saturated heterocycles. The molecule has 0 amide bonds. The number of hydrogen-bond donors (Lipinski definition) is 1. The van der Waals surface area contributed by atoms with Crippen LogP contribution in [0.1, 0.15) is 57.6 Å². The second kappa shape index (κ2) is 5.05. The van der Waals surface area contributed by atoms with Gasteiger partial charge in [-0.1, -0.05) is 57.9 Å². The Morgan fingerprint density at radius 2 is 1.56 bits per heavy atom. The average Bonchev–Trinajstić information content (AvgIpc) is 2.34. The Morgan fingerprint density at radius 3 is 2.11 bits per heavy atom.